The third kappa shape index (κ3) is 3.74. The van der Waals surface area contributed by atoms with E-state index in [1.54, 1.807) is 16.7 Å². The van der Waals surface area contributed by atoms with Gasteiger partial charge in [-0.25, -0.2) is 0 Å². The number of aryl methyl sites for hydroxylation is 1. The number of carbonyl (C=O) groups excluding carboxylic acids is 3. The van der Waals surface area contributed by atoms with E-state index in [4.69, 9.17) is 4.74 Å². The second kappa shape index (κ2) is 7.89. The fourth-order valence-electron chi connectivity index (χ4n) is 3.83. The van der Waals surface area contributed by atoms with Crippen molar-refractivity contribution in [2.75, 3.05) is 31.1 Å². The highest BCUT2D eigenvalue weighted by molar-refractivity contribution is 6.00. The number of carbonyl (C=O) groups is 3. The molecule has 6 heteroatoms. The number of nitrogens with zero attached hydrogens (tertiary/aromatic N) is 2. The minimum absolute atomic E-state index is 0.000871. The Balaban J connectivity index is 1.59. The van der Waals surface area contributed by atoms with E-state index in [-0.39, 0.29) is 36.0 Å². The van der Waals surface area contributed by atoms with E-state index in [0.29, 0.717) is 39.1 Å². The van der Waals surface area contributed by atoms with Gasteiger partial charge in [0.2, 0.25) is 11.8 Å². The largest absolute Gasteiger partial charge is 0.466 e. The molecule has 0 N–H and O–H groups in total. The van der Waals surface area contributed by atoms with Gasteiger partial charge in [0.15, 0.2) is 0 Å². The van der Waals surface area contributed by atoms with Crippen LogP contribution in [0.25, 0.3) is 0 Å². The number of amides is 2. The summed E-state index contributed by atoms with van der Waals surface area (Å²) in [6.45, 7) is 5.69. The number of anilines is 1. The first-order chi connectivity index (χ1) is 12.5. The van der Waals surface area contributed by atoms with Crippen LogP contribution in [0.4, 0.5) is 5.69 Å². The van der Waals surface area contributed by atoms with Gasteiger partial charge in [0.25, 0.3) is 0 Å². The van der Waals surface area contributed by atoms with Gasteiger partial charge in [-0.2, -0.15) is 0 Å². The van der Waals surface area contributed by atoms with Crippen molar-refractivity contribution in [2.24, 2.45) is 11.8 Å². The van der Waals surface area contributed by atoms with Crippen LogP contribution in [0.3, 0.4) is 0 Å². The lowest BCUT2D eigenvalue weighted by Crippen LogP contribution is -2.44. The van der Waals surface area contributed by atoms with Gasteiger partial charge >= 0.3 is 5.97 Å². The van der Waals surface area contributed by atoms with Gasteiger partial charge in [-0.15, -0.1) is 0 Å². The van der Waals surface area contributed by atoms with Crippen molar-refractivity contribution in [1.82, 2.24) is 4.90 Å². The lowest BCUT2D eigenvalue weighted by molar-refractivity contribution is -0.151. The minimum atomic E-state index is -0.304. The van der Waals surface area contributed by atoms with Crippen LogP contribution in [0, 0.1) is 18.8 Å². The third-order valence-corrected chi connectivity index (χ3v) is 5.31. The summed E-state index contributed by atoms with van der Waals surface area (Å²) < 4.78 is 5.07. The van der Waals surface area contributed by atoms with Crippen molar-refractivity contribution >= 4 is 23.5 Å². The Morgan fingerprint density at radius 3 is 2.50 bits per heavy atom. The zero-order valence-electron chi connectivity index (χ0n) is 15.4. The number of esters is 1. The van der Waals surface area contributed by atoms with Crippen LogP contribution < -0.4 is 4.90 Å². The summed E-state index contributed by atoms with van der Waals surface area (Å²) >= 11 is 0. The molecule has 2 heterocycles. The van der Waals surface area contributed by atoms with E-state index in [2.05, 4.69) is 0 Å². The van der Waals surface area contributed by atoms with E-state index >= 15 is 0 Å². The summed E-state index contributed by atoms with van der Waals surface area (Å²) in [5, 5.41) is 0. The Hall–Kier alpha value is -2.37. The van der Waals surface area contributed by atoms with Crippen LogP contribution in [0.15, 0.2) is 24.3 Å². The quantitative estimate of drug-likeness (QED) is 0.774. The summed E-state index contributed by atoms with van der Waals surface area (Å²) in [7, 11) is 0. The topological polar surface area (TPSA) is 66.9 Å². The number of rotatable bonds is 4. The summed E-state index contributed by atoms with van der Waals surface area (Å²) in [5.74, 6) is -0.564. The zero-order chi connectivity index (χ0) is 18.7. The van der Waals surface area contributed by atoms with Crippen molar-refractivity contribution in [3.05, 3.63) is 29.8 Å². The molecule has 0 saturated carbocycles. The molecule has 2 saturated heterocycles. The van der Waals surface area contributed by atoms with Gasteiger partial charge in [-0.1, -0.05) is 18.2 Å². The summed E-state index contributed by atoms with van der Waals surface area (Å²) in [6.07, 6.45) is 1.52. The Morgan fingerprint density at radius 1 is 1.15 bits per heavy atom. The molecule has 0 spiro atoms. The molecule has 140 valence electrons. The van der Waals surface area contributed by atoms with Gasteiger partial charge in [0.1, 0.15) is 0 Å². The molecular formula is C20H26N2O4. The average molecular weight is 358 g/mol. The van der Waals surface area contributed by atoms with Gasteiger partial charge in [-0.05, 0) is 38.3 Å². The van der Waals surface area contributed by atoms with E-state index in [1.807, 2.05) is 31.2 Å². The molecule has 2 fully saturated rings. The molecule has 2 aliphatic heterocycles. The van der Waals surface area contributed by atoms with E-state index in [9.17, 15) is 14.4 Å². The maximum atomic E-state index is 12.8. The molecule has 2 amide bonds. The summed E-state index contributed by atoms with van der Waals surface area (Å²) in [6, 6.07) is 7.74. The van der Waals surface area contributed by atoms with Crippen LogP contribution in [0.1, 0.15) is 31.7 Å². The fraction of sp³-hybridized carbons (Fsp3) is 0.550. The lowest BCUT2D eigenvalue weighted by Gasteiger charge is -2.32. The molecular weight excluding hydrogens is 332 g/mol. The van der Waals surface area contributed by atoms with E-state index in [0.717, 1.165) is 11.3 Å². The maximum Gasteiger partial charge on any atom is 0.309 e. The molecule has 1 aromatic rings. The molecule has 1 unspecified atom stereocenters. The van der Waals surface area contributed by atoms with Crippen LogP contribution in [0.2, 0.25) is 0 Å². The Kier molecular flexibility index (Phi) is 5.59. The van der Waals surface area contributed by atoms with E-state index < -0.39 is 0 Å². The molecule has 0 aromatic heterocycles. The first-order valence-corrected chi connectivity index (χ1v) is 9.32. The summed E-state index contributed by atoms with van der Waals surface area (Å²) in [5.41, 5.74) is 1.91. The highest BCUT2D eigenvalue weighted by Crippen LogP contribution is 2.29. The van der Waals surface area contributed by atoms with Gasteiger partial charge in [-0.3, -0.25) is 14.4 Å². The molecule has 1 atom stereocenters. The molecule has 0 aliphatic carbocycles. The number of ether oxygens (including phenoxy) is 1. The first-order valence-electron chi connectivity index (χ1n) is 9.32. The molecule has 1 aromatic carbocycles. The molecule has 0 radical (unpaired) electrons. The van der Waals surface area contributed by atoms with Crippen LogP contribution in [0.5, 0.6) is 0 Å². The van der Waals surface area contributed by atoms with Gasteiger partial charge in [0.05, 0.1) is 18.4 Å². The second-order valence-corrected chi connectivity index (χ2v) is 7.04. The predicted molar refractivity (Wildman–Crippen MR) is 97.6 cm³/mol. The highest BCUT2D eigenvalue weighted by Gasteiger charge is 2.39. The van der Waals surface area contributed by atoms with Crippen molar-refractivity contribution in [3.63, 3.8) is 0 Å². The molecule has 6 nitrogen and oxygen atoms in total. The zero-order valence-corrected chi connectivity index (χ0v) is 15.4. The second-order valence-electron chi connectivity index (χ2n) is 7.04. The first kappa shape index (κ1) is 18.4. The smallest absolute Gasteiger partial charge is 0.309 e. The van der Waals surface area contributed by atoms with Crippen LogP contribution >= 0.6 is 0 Å². The number of hydrogen-bond donors (Lipinski definition) is 0. The molecule has 0 bridgehead atoms. The van der Waals surface area contributed by atoms with Gasteiger partial charge in [0, 0.05) is 31.7 Å². The van der Waals surface area contributed by atoms with Crippen LogP contribution in [-0.2, 0) is 19.1 Å². The average Bonchev–Trinajstić information content (AvgIpc) is 3.03. The number of benzene rings is 1. The number of likely N-dealkylation sites (tertiary alicyclic amines) is 1. The molecule has 26 heavy (non-hydrogen) atoms. The SMILES string of the molecule is CCOC(=O)C1CCN(C(=O)C2CC(=O)N(c3ccccc3C)C2)CC1. The Morgan fingerprint density at radius 2 is 1.85 bits per heavy atom. The monoisotopic (exact) mass is 358 g/mol. The van der Waals surface area contributed by atoms with Crippen LogP contribution in [-0.4, -0.2) is 48.9 Å². The Bertz CT molecular complexity index is 695. The lowest BCUT2D eigenvalue weighted by atomic mass is 9.95. The van der Waals surface area contributed by atoms with E-state index in [1.165, 1.54) is 0 Å². The Labute approximate surface area is 154 Å². The van der Waals surface area contributed by atoms with Crippen molar-refractivity contribution in [1.29, 1.82) is 0 Å². The fourth-order valence-corrected chi connectivity index (χ4v) is 3.83. The molecule has 2 aliphatic rings. The maximum absolute atomic E-state index is 12.8. The number of hydrogen-bond acceptors (Lipinski definition) is 4. The third-order valence-electron chi connectivity index (χ3n) is 5.31. The van der Waals surface area contributed by atoms with Crippen molar-refractivity contribution in [2.45, 2.75) is 33.1 Å². The van der Waals surface area contributed by atoms with Gasteiger partial charge < -0.3 is 14.5 Å². The summed E-state index contributed by atoms with van der Waals surface area (Å²) in [4.78, 5) is 40.6. The van der Waals surface area contributed by atoms with Crippen molar-refractivity contribution in [3.8, 4) is 0 Å². The molecule has 3 rings (SSSR count). The number of para-hydroxylation sites is 1. The minimum Gasteiger partial charge on any atom is -0.466 e. The standard InChI is InChI=1S/C20H26N2O4/c1-3-26-20(25)15-8-10-21(11-9-15)19(24)16-12-18(23)22(13-16)17-7-5-4-6-14(17)2/h4-7,15-16H,3,8-13H2,1-2H3. The predicted octanol–water partition coefficient (Wildman–Crippen LogP) is 2.15. The normalized spacial score (nSPS) is 21.2. The highest BCUT2D eigenvalue weighted by atomic mass is 16.5. The van der Waals surface area contributed by atoms with Crippen molar-refractivity contribution < 1.29 is 19.1 Å². The number of piperidine rings is 1.